The molecule has 1 atom stereocenters. The number of carbonyl (C=O) groups is 2. The van der Waals surface area contributed by atoms with E-state index in [9.17, 15) is 22.8 Å². The second-order valence-electron chi connectivity index (χ2n) is 7.95. The number of hydrogen-bond acceptors (Lipinski definition) is 5. The van der Waals surface area contributed by atoms with Crippen molar-refractivity contribution >= 4 is 22.5 Å². The number of Topliss-reactive ketones (excluding diaryl/α,β-unsaturated/α-hetero) is 1. The van der Waals surface area contributed by atoms with Crippen LogP contribution in [0.1, 0.15) is 22.8 Å². The van der Waals surface area contributed by atoms with Gasteiger partial charge in [-0.3, -0.25) is 4.79 Å². The number of rotatable bonds is 8. The van der Waals surface area contributed by atoms with E-state index in [1.54, 1.807) is 36.4 Å². The Morgan fingerprint density at radius 2 is 1.36 bits per heavy atom. The first-order chi connectivity index (χ1) is 17.2. The first-order valence-corrected chi connectivity index (χ1v) is 11.0. The number of ketones is 1. The first-order valence-electron chi connectivity index (χ1n) is 11.0. The third-order valence-electron chi connectivity index (χ3n) is 5.30. The van der Waals surface area contributed by atoms with Crippen molar-refractivity contribution in [2.45, 2.75) is 19.2 Å². The van der Waals surface area contributed by atoms with Crippen LogP contribution in [0.25, 0.3) is 10.8 Å². The molecule has 4 rings (SSSR count). The highest BCUT2D eigenvalue weighted by molar-refractivity contribution is 6.01. The minimum absolute atomic E-state index is 0.240. The molecular weight excluding hydrogens is 473 g/mol. The van der Waals surface area contributed by atoms with Crippen LogP contribution in [0.15, 0.2) is 91.0 Å². The summed E-state index contributed by atoms with van der Waals surface area (Å²) in [5.41, 5.74) is -0.322. The molecule has 0 N–H and O–H groups in total. The van der Waals surface area contributed by atoms with Crippen LogP contribution in [0.5, 0.6) is 17.2 Å². The molecule has 0 aliphatic rings. The lowest BCUT2D eigenvalue weighted by atomic mass is 10.0. The standard InChI is InChI=1S/C28H21F3O5/c1-18(27(33)34-17-26(32)21-7-6-19-4-2-3-5-20(19)16-21)35-23-12-14-25(15-13-23)36-24-10-8-22(9-11-24)28(29,30)31/h2-16,18H,17H2,1H3. The number of carbonyl (C=O) groups excluding carboxylic acids is 2. The van der Waals surface area contributed by atoms with E-state index in [4.69, 9.17) is 14.2 Å². The van der Waals surface area contributed by atoms with E-state index in [2.05, 4.69) is 0 Å². The molecule has 1 unspecified atom stereocenters. The predicted molar refractivity (Wildman–Crippen MR) is 127 cm³/mol. The molecule has 0 spiro atoms. The van der Waals surface area contributed by atoms with Gasteiger partial charge < -0.3 is 14.2 Å². The van der Waals surface area contributed by atoms with Crippen LogP contribution >= 0.6 is 0 Å². The Labute approximate surface area is 205 Å². The average Bonchev–Trinajstić information content (AvgIpc) is 2.87. The van der Waals surface area contributed by atoms with Crippen molar-refractivity contribution in [3.8, 4) is 17.2 Å². The molecule has 36 heavy (non-hydrogen) atoms. The maximum atomic E-state index is 12.7. The molecule has 0 aromatic heterocycles. The molecule has 0 saturated carbocycles. The first kappa shape index (κ1) is 24.8. The smallest absolute Gasteiger partial charge is 0.416 e. The summed E-state index contributed by atoms with van der Waals surface area (Å²) < 4.78 is 54.2. The number of fused-ring (bicyclic) bond motifs is 1. The minimum Gasteiger partial charge on any atom is -0.479 e. The third-order valence-corrected chi connectivity index (χ3v) is 5.30. The van der Waals surface area contributed by atoms with Crippen LogP contribution in [0.2, 0.25) is 0 Å². The maximum Gasteiger partial charge on any atom is 0.416 e. The van der Waals surface area contributed by atoms with Gasteiger partial charge in [0.2, 0.25) is 0 Å². The average molecular weight is 494 g/mol. The highest BCUT2D eigenvalue weighted by Gasteiger charge is 2.30. The van der Waals surface area contributed by atoms with Gasteiger partial charge >= 0.3 is 12.1 Å². The lowest BCUT2D eigenvalue weighted by molar-refractivity contribution is -0.149. The summed E-state index contributed by atoms with van der Waals surface area (Å²) in [4.78, 5) is 24.7. The van der Waals surface area contributed by atoms with Gasteiger partial charge in [-0.15, -0.1) is 0 Å². The Morgan fingerprint density at radius 3 is 2.00 bits per heavy atom. The van der Waals surface area contributed by atoms with Crippen molar-refractivity contribution in [3.63, 3.8) is 0 Å². The molecule has 0 amide bonds. The molecular formula is C28H21F3O5. The van der Waals surface area contributed by atoms with Gasteiger partial charge in [0.1, 0.15) is 17.2 Å². The van der Waals surface area contributed by atoms with Crippen molar-refractivity contribution in [1.29, 1.82) is 0 Å². The molecule has 0 bridgehead atoms. The summed E-state index contributed by atoms with van der Waals surface area (Å²) in [6.07, 6.45) is -5.39. The number of esters is 1. The second kappa shape index (κ2) is 10.5. The molecule has 0 heterocycles. The Hall–Kier alpha value is -4.33. The maximum absolute atomic E-state index is 12.7. The Morgan fingerprint density at radius 1 is 0.778 bits per heavy atom. The molecule has 0 aliphatic heterocycles. The van der Waals surface area contributed by atoms with Crippen LogP contribution in [0.4, 0.5) is 13.2 Å². The lowest BCUT2D eigenvalue weighted by Crippen LogP contribution is -2.28. The van der Waals surface area contributed by atoms with Gasteiger partial charge in [0.15, 0.2) is 18.5 Å². The van der Waals surface area contributed by atoms with Crippen LogP contribution in [-0.4, -0.2) is 24.5 Å². The van der Waals surface area contributed by atoms with Gasteiger partial charge in [-0.1, -0.05) is 36.4 Å². The summed E-state index contributed by atoms with van der Waals surface area (Å²) >= 11 is 0. The monoisotopic (exact) mass is 494 g/mol. The lowest BCUT2D eigenvalue weighted by Gasteiger charge is -2.14. The number of alkyl halides is 3. The predicted octanol–water partition coefficient (Wildman–Crippen LogP) is 6.84. The fraction of sp³-hybridized carbons (Fsp3) is 0.143. The van der Waals surface area contributed by atoms with Gasteiger partial charge in [0, 0.05) is 5.56 Å². The largest absolute Gasteiger partial charge is 0.479 e. The van der Waals surface area contributed by atoms with Crippen molar-refractivity contribution in [2.75, 3.05) is 6.61 Å². The van der Waals surface area contributed by atoms with Crippen molar-refractivity contribution < 1.29 is 37.0 Å². The Kier molecular flexibility index (Phi) is 7.24. The highest BCUT2D eigenvalue weighted by atomic mass is 19.4. The van der Waals surface area contributed by atoms with E-state index in [0.717, 1.165) is 22.9 Å². The minimum atomic E-state index is -4.42. The zero-order valence-electron chi connectivity index (χ0n) is 19.1. The van der Waals surface area contributed by atoms with E-state index in [1.807, 2.05) is 30.3 Å². The van der Waals surface area contributed by atoms with Crippen LogP contribution < -0.4 is 9.47 Å². The zero-order chi connectivity index (χ0) is 25.7. The molecule has 8 heteroatoms. The van der Waals surface area contributed by atoms with E-state index in [-0.39, 0.29) is 11.5 Å². The van der Waals surface area contributed by atoms with E-state index in [1.165, 1.54) is 19.1 Å². The molecule has 0 aliphatic carbocycles. The molecule has 184 valence electrons. The third kappa shape index (κ3) is 6.21. The molecule has 0 fully saturated rings. The quantitative estimate of drug-likeness (QED) is 0.198. The Balaban J connectivity index is 1.28. The molecule has 0 radical (unpaired) electrons. The van der Waals surface area contributed by atoms with Crippen molar-refractivity contribution in [2.24, 2.45) is 0 Å². The van der Waals surface area contributed by atoms with E-state index < -0.39 is 30.4 Å². The Bertz CT molecular complexity index is 1360. The number of benzene rings is 4. The molecule has 4 aromatic rings. The van der Waals surface area contributed by atoms with E-state index in [0.29, 0.717) is 17.1 Å². The second-order valence-corrected chi connectivity index (χ2v) is 7.95. The number of hydrogen-bond donors (Lipinski definition) is 0. The van der Waals surface area contributed by atoms with Crippen LogP contribution in [-0.2, 0) is 15.7 Å². The normalized spacial score (nSPS) is 12.1. The van der Waals surface area contributed by atoms with Gasteiger partial charge in [0.05, 0.1) is 5.56 Å². The molecule has 5 nitrogen and oxygen atoms in total. The van der Waals surface area contributed by atoms with Crippen LogP contribution in [0.3, 0.4) is 0 Å². The zero-order valence-corrected chi connectivity index (χ0v) is 19.1. The number of halogens is 3. The van der Waals surface area contributed by atoms with E-state index >= 15 is 0 Å². The fourth-order valence-corrected chi connectivity index (χ4v) is 3.39. The fourth-order valence-electron chi connectivity index (χ4n) is 3.39. The van der Waals surface area contributed by atoms with Crippen molar-refractivity contribution in [3.05, 3.63) is 102 Å². The van der Waals surface area contributed by atoms with Gasteiger partial charge in [-0.25, -0.2) is 4.79 Å². The SMILES string of the molecule is CC(Oc1ccc(Oc2ccc(C(F)(F)F)cc2)cc1)C(=O)OCC(=O)c1ccc2ccccc2c1. The van der Waals surface area contributed by atoms with Crippen LogP contribution in [0, 0.1) is 0 Å². The highest BCUT2D eigenvalue weighted by Crippen LogP contribution is 2.31. The summed E-state index contributed by atoms with van der Waals surface area (Å²) in [6, 6.07) is 23.4. The van der Waals surface area contributed by atoms with Crippen molar-refractivity contribution in [1.82, 2.24) is 0 Å². The topological polar surface area (TPSA) is 61.8 Å². The molecule has 0 saturated heterocycles. The van der Waals surface area contributed by atoms with Gasteiger partial charge in [-0.05, 0) is 72.3 Å². The van der Waals surface area contributed by atoms with Gasteiger partial charge in [-0.2, -0.15) is 13.2 Å². The number of ether oxygens (including phenoxy) is 3. The van der Waals surface area contributed by atoms with Gasteiger partial charge in [0.25, 0.3) is 0 Å². The summed E-state index contributed by atoms with van der Waals surface area (Å²) in [6.45, 7) is 1.08. The summed E-state index contributed by atoms with van der Waals surface area (Å²) in [5.74, 6) is -0.0663. The molecule has 4 aromatic carbocycles. The summed E-state index contributed by atoms with van der Waals surface area (Å²) in [7, 11) is 0. The summed E-state index contributed by atoms with van der Waals surface area (Å²) in [5, 5.41) is 1.92.